The number of hydrogen-bond acceptors (Lipinski definition) is 3. The highest BCUT2D eigenvalue weighted by Gasteiger charge is 2.01. The molecule has 0 unspecified atom stereocenters. The summed E-state index contributed by atoms with van der Waals surface area (Å²) in [5.74, 6) is 2.83. The van der Waals surface area contributed by atoms with Gasteiger partial charge >= 0.3 is 0 Å². The van der Waals surface area contributed by atoms with Gasteiger partial charge in [-0.2, -0.15) is 0 Å². The summed E-state index contributed by atoms with van der Waals surface area (Å²) in [5, 5.41) is 0. The molecule has 0 spiro atoms. The van der Waals surface area contributed by atoms with Crippen LogP contribution in [0.25, 0.3) is 0 Å². The fraction of sp³-hybridized carbons (Fsp3) is 0.400. The third kappa shape index (κ3) is 19.4. The molecule has 0 aromatic heterocycles. The van der Waals surface area contributed by atoms with E-state index < -0.39 is 5.91 Å². The minimum absolute atomic E-state index is 0. The Morgan fingerprint density at radius 1 is 1.26 bits per heavy atom. The highest BCUT2D eigenvalue weighted by molar-refractivity contribution is 5.95. The Hall–Kier alpha value is -3.32. The van der Waals surface area contributed by atoms with Gasteiger partial charge in [0.05, 0.1) is 0 Å². The zero-order valence-corrected chi connectivity index (χ0v) is 21.5. The van der Waals surface area contributed by atoms with Crippen LogP contribution in [0.15, 0.2) is 88.9 Å². The molecule has 0 fully saturated rings. The first kappa shape index (κ1) is 35.3. The molecule has 0 saturated heterocycles. The SMILES string of the molecule is C.C#CC(=N/C=C(\C)C(N)=O)O/C(C=C)=C/C=C(\C)CC(C)C.CC.CCC1=CC=CC=CC1. The molecule has 4 heteroatoms. The summed E-state index contributed by atoms with van der Waals surface area (Å²) in [5.41, 5.74) is 8.13. The van der Waals surface area contributed by atoms with Crippen molar-refractivity contribution in [2.45, 2.75) is 75.2 Å². The van der Waals surface area contributed by atoms with Gasteiger partial charge < -0.3 is 10.5 Å². The lowest BCUT2D eigenvalue weighted by Crippen LogP contribution is -2.11. The minimum Gasteiger partial charge on any atom is -0.432 e. The monoisotopic (exact) mass is 466 g/mol. The van der Waals surface area contributed by atoms with Crippen molar-refractivity contribution in [3.05, 3.63) is 83.9 Å². The van der Waals surface area contributed by atoms with Gasteiger partial charge in [-0.15, -0.1) is 6.42 Å². The Bertz CT molecular complexity index is 855. The van der Waals surface area contributed by atoms with Gasteiger partial charge in [-0.05, 0) is 57.1 Å². The highest BCUT2D eigenvalue weighted by atomic mass is 16.5. The molecule has 0 atom stereocenters. The zero-order valence-electron chi connectivity index (χ0n) is 21.5. The maximum atomic E-state index is 10.9. The molecule has 1 rings (SSSR count). The summed E-state index contributed by atoms with van der Waals surface area (Å²) in [4.78, 5) is 14.8. The average molecular weight is 467 g/mol. The first-order valence-electron chi connectivity index (χ1n) is 11.4. The van der Waals surface area contributed by atoms with Crippen molar-refractivity contribution in [2.24, 2.45) is 16.6 Å². The lowest BCUT2D eigenvalue weighted by Gasteiger charge is -2.05. The number of amides is 1. The zero-order chi connectivity index (χ0) is 25.6. The molecule has 0 aliphatic heterocycles. The summed E-state index contributed by atoms with van der Waals surface area (Å²) in [7, 11) is 0. The van der Waals surface area contributed by atoms with Gasteiger partial charge in [0, 0.05) is 11.8 Å². The normalized spacial score (nSPS) is 13.7. The van der Waals surface area contributed by atoms with Gasteiger partial charge in [-0.1, -0.05) is 96.2 Å². The van der Waals surface area contributed by atoms with Crippen LogP contribution in [0.5, 0.6) is 0 Å². The van der Waals surface area contributed by atoms with E-state index >= 15 is 0 Å². The van der Waals surface area contributed by atoms with Crippen LogP contribution in [0.4, 0.5) is 0 Å². The molecule has 188 valence electrons. The van der Waals surface area contributed by atoms with Crippen molar-refractivity contribution < 1.29 is 9.53 Å². The summed E-state index contributed by atoms with van der Waals surface area (Å²) in [6, 6.07) is 0. The van der Waals surface area contributed by atoms with Gasteiger partial charge in [0.15, 0.2) is 0 Å². The molecule has 0 radical (unpaired) electrons. The molecule has 0 aromatic carbocycles. The highest BCUT2D eigenvalue weighted by Crippen LogP contribution is 2.11. The lowest BCUT2D eigenvalue weighted by atomic mass is 10.0. The molecule has 0 heterocycles. The van der Waals surface area contributed by atoms with Crippen LogP contribution >= 0.6 is 0 Å². The molecule has 0 saturated carbocycles. The number of hydrogen-bond donors (Lipinski definition) is 1. The number of carbonyl (C=O) groups is 1. The number of aliphatic imine (C=N–C) groups is 1. The number of nitrogens with two attached hydrogens (primary N) is 1. The van der Waals surface area contributed by atoms with Crippen LogP contribution < -0.4 is 5.73 Å². The van der Waals surface area contributed by atoms with Crippen LogP contribution in [0, 0.1) is 18.3 Å². The molecule has 4 nitrogen and oxygen atoms in total. The molecule has 1 aliphatic carbocycles. The van der Waals surface area contributed by atoms with E-state index in [-0.39, 0.29) is 18.9 Å². The fourth-order valence-electron chi connectivity index (χ4n) is 2.39. The van der Waals surface area contributed by atoms with E-state index in [9.17, 15) is 4.79 Å². The van der Waals surface area contributed by atoms with E-state index in [0.29, 0.717) is 11.7 Å². The second kappa shape index (κ2) is 22.9. The van der Waals surface area contributed by atoms with Crippen molar-refractivity contribution in [2.75, 3.05) is 0 Å². The predicted molar refractivity (Wildman–Crippen MR) is 151 cm³/mol. The van der Waals surface area contributed by atoms with E-state index in [0.717, 1.165) is 12.8 Å². The number of nitrogens with zero attached hydrogens (tertiary/aromatic N) is 1. The topological polar surface area (TPSA) is 64.7 Å². The summed E-state index contributed by atoms with van der Waals surface area (Å²) in [6.45, 7) is 17.8. The van der Waals surface area contributed by atoms with Crippen LogP contribution in [0.1, 0.15) is 75.2 Å². The van der Waals surface area contributed by atoms with E-state index in [1.54, 1.807) is 13.0 Å². The van der Waals surface area contributed by atoms with E-state index in [1.807, 2.05) is 26.8 Å². The van der Waals surface area contributed by atoms with Crippen LogP contribution in [0.3, 0.4) is 0 Å². The summed E-state index contributed by atoms with van der Waals surface area (Å²) < 4.78 is 5.45. The maximum Gasteiger partial charge on any atom is 0.273 e. The van der Waals surface area contributed by atoms with Crippen molar-refractivity contribution >= 4 is 11.8 Å². The van der Waals surface area contributed by atoms with Crippen LogP contribution in [-0.4, -0.2) is 11.8 Å². The second-order valence-corrected chi connectivity index (χ2v) is 7.44. The Morgan fingerprint density at radius 2 is 1.91 bits per heavy atom. The second-order valence-electron chi connectivity index (χ2n) is 7.44. The molecule has 1 aliphatic rings. The van der Waals surface area contributed by atoms with Crippen molar-refractivity contribution in [3.8, 4) is 12.3 Å². The molecular formula is C30H46N2O2. The number of carbonyl (C=O) groups excluding carboxylic acids is 1. The molecule has 0 aromatic rings. The number of ether oxygens (including phenoxy) is 1. The maximum absolute atomic E-state index is 10.9. The van der Waals surface area contributed by atoms with Crippen molar-refractivity contribution in [1.29, 1.82) is 0 Å². The van der Waals surface area contributed by atoms with Crippen LogP contribution in [-0.2, 0) is 9.53 Å². The average Bonchev–Trinajstić information content (AvgIpc) is 3.08. The Balaban J connectivity index is -0.000000664. The Kier molecular flexibility index (Phi) is 23.7. The fourth-order valence-corrected chi connectivity index (χ4v) is 2.39. The van der Waals surface area contributed by atoms with Gasteiger partial charge in [0.1, 0.15) is 5.76 Å². The van der Waals surface area contributed by atoms with Gasteiger partial charge in [0.25, 0.3) is 5.90 Å². The Morgan fingerprint density at radius 3 is 2.41 bits per heavy atom. The Labute approximate surface area is 209 Å². The number of primary amides is 1. The quantitative estimate of drug-likeness (QED) is 0.0983. The standard InChI is InChI=1S/C18H24N2O2.C9H12.C2H6.CH4/c1-7-16(10-9-14(5)11-13(3)4)22-17(8-2)20-12-15(6)18(19)21;1-2-9-7-5-3-4-6-8-9;1-2;/h2,7,9-10,12-13H,1,11H2,3-6H3,(H2,19,21);3-7H,2,8H2,1H3;1-2H3;1H4/b14-9+,15-12+,16-10+,20-17?;;;. The molecular weight excluding hydrogens is 420 g/mol. The third-order valence-corrected chi connectivity index (χ3v) is 4.09. The molecule has 0 bridgehead atoms. The minimum atomic E-state index is -0.563. The van der Waals surface area contributed by atoms with Gasteiger partial charge in [-0.3, -0.25) is 4.79 Å². The first-order chi connectivity index (χ1) is 15.7. The first-order valence-corrected chi connectivity index (χ1v) is 11.4. The van der Waals surface area contributed by atoms with Crippen molar-refractivity contribution in [3.63, 3.8) is 0 Å². The van der Waals surface area contributed by atoms with E-state index in [4.69, 9.17) is 16.9 Å². The predicted octanol–water partition coefficient (Wildman–Crippen LogP) is 7.99. The van der Waals surface area contributed by atoms with E-state index in [1.165, 1.54) is 29.8 Å². The molecule has 34 heavy (non-hydrogen) atoms. The lowest BCUT2D eigenvalue weighted by molar-refractivity contribution is -0.114. The molecule has 2 N–H and O–H groups in total. The summed E-state index contributed by atoms with van der Waals surface area (Å²) in [6.07, 6.45) is 25.8. The largest absolute Gasteiger partial charge is 0.432 e. The van der Waals surface area contributed by atoms with Gasteiger partial charge in [0.2, 0.25) is 5.91 Å². The number of terminal acetylenes is 1. The summed E-state index contributed by atoms with van der Waals surface area (Å²) >= 11 is 0. The molecule has 1 amide bonds. The number of rotatable bonds is 8. The van der Waals surface area contributed by atoms with Crippen molar-refractivity contribution in [1.82, 2.24) is 0 Å². The van der Waals surface area contributed by atoms with Gasteiger partial charge in [-0.25, -0.2) is 4.99 Å². The number of allylic oxidation sites excluding steroid dienone is 10. The van der Waals surface area contributed by atoms with E-state index in [2.05, 4.69) is 68.6 Å². The van der Waals surface area contributed by atoms with Crippen LogP contribution in [0.2, 0.25) is 0 Å². The third-order valence-electron chi connectivity index (χ3n) is 4.09. The smallest absolute Gasteiger partial charge is 0.273 e.